The second-order valence-corrected chi connectivity index (χ2v) is 4.10. The minimum absolute atomic E-state index is 0.0853. The van der Waals surface area contributed by atoms with Crippen molar-refractivity contribution in [2.45, 2.75) is 25.8 Å². The summed E-state index contributed by atoms with van der Waals surface area (Å²) in [6, 6.07) is 2.05. The highest BCUT2D eigenvalue weighted by Gasteiger charge is 2.40. The summed E-state index contributed by atoms with van der Waals surface area (Å²) in [5.41, 5.74) is 0.741. The van der Waals surface area contributed by atoms with Crippen LogP contribution in [0, 0.1) is 6.92 Å². The number of pyridine rings is 1. The Labute approximate surface area is 103 Å². The quantitative estimate of drug-likeness (QED) is 0.774. The molecule has 2 amide bonds. The van der Waals surface area contributed by atoms with Crippen LogP contribution in [0.25, 0.3) is 0 Å². The zero-order valence-corrected chi connectivity index (χ0v) is 9.79. The van der Waals surface area contributed by atoms with Crippen molar-refractivity contribution < 1.29 is 19.5 Å². The Hall–Kier alpha value is -2.24. The van der Waals surface area contributed by atoms with E-state index in [2.05, 4.69) is 4.98 Å². The van der Waals surface area contributed by atoms with Gasteiger partial charge in [0.15, 0.2) is 0 Å². The molecule has 1 fully saturated rings. The fourth-order valence-corrected chi connectivity index (χ4v) is 2.01. The van der Waals surface area contributed by atoms with E-state index in [0.717, 1.165) is 4.90 Å². The first-order chi connectivity index (χ1) is 8.52. The molecule has 1 aromatic rings. The molecule has 0 radical (unpaired) electrons. The Balaban J connectivity index is 2.36. The van der Waals surface area contributed by atoms with Crippen molar-refractivity contribution in [2.75, 3.05) is 0 Å². The van der Waals surface area contributed by atoms with Crippen molar-refractivity contribution in [3.63, 3.8) is 0 Å². The van der Waals surface area contributed by atoms with Crippen LogP contribution in [0.1, 0.15) is 28.9 Å². The highest BCUT2D eigenvalue weighted by Crippen LogP contribution is 2.22. The van der Waals surface area contributed by atoms with Crippen LogP contribution in [-0.4, -0.2) is 38.8 Å². The van der Waals surface area contributed by atoms with Crippen LogP contribution in [0.2, 0.25) is 0 Å². The van der Waals surface area contributed by atoms with Crippen molar-refractivity contribution >= 4 is 17.8 Å². The van der Waals surface area contributed by atoms with Gasteiger partial charge in [-0.15, -0.1) is 0 Å². The molecule has 0 saturated carbocycles. The first kappa shape index (κ1) is 12.2. The third-order valence-electron chi connectivity index (χ3n) is 2.95. The zero-order chi connectivity index (χ0) is 13.3. The second-order valence-electron chi connectivity index (χ2n) is 4.10. The fourth-order valence-electron chi connectivity index (χ4n) is 2.01. The summed E-state index contributed by atoms with van der Waals surface area (Å²) >= 11 is 0. The van der Waals surface area contributed by atoms with Gasteiger partial charge >= 0.3 is 5.97 Å². The molecule has 0 bridgehead atoms. The maximum absolute atomic E-state index is 12.2. The van der Waals surface area contributed by atoms with E-state index in [0.29, 0.717) is 5.69 Å². The highest BCUT2D eigenvalue weighted by molar-refractivity contribution is 6.09. The largest absolute Gasteiger partial charge is 0.480 e. The van der Waals surface area contributed by atoms with E-state index in [1.807, 2.05) is 0 Å². The number of hydrogen-bond acceptors (Lipinski definition) is 4. The van der Waals surface area contributed by atoms with Gasteiger partial charge in [-0.3, -0.25) is 19.5 Å². The third-order valence-corrected chi connectivity index (χ3v) is 2.95. The molecule has 6 heteroatoms. The van der Waals surface area contributed by atoms with Gasteiger partial charge in [0.05, 0.1) is 5.56 Å². The van der Waals surface area contributed by atoms with Crippen LogP contribution in [-0.2, 0) is 9.59 Å². The van der Waals surface area contributed by atoms with Gasteiger partial charge in [0, 0.05) is 18.3 Å². The van der Waals surface area contributed by atoms with Gasteiger partial charge in [-0.25, -0.2) is 4.79 Å². The number of carbonyl (C=O) groups is 3. The lowest BCUT2D eigenvalue weighted by molar-refractivity contribution is -0.144. The van der Waals surface area contributed by atoms with Gasteiger partial charge in [0.1, 0.15) is 6.04 Å². The first-order valence-electron chi connectivity index (χ1n) is 5.53. The Bertz CT molecular complexity index is 527. The molecule has 6 nitrogen and oxygen atoms in total. The SMILES string of the molecule is Cc1ncccc1C(=O)N1C(=O)CC[C@H]1C(=O)O. The minimum atomic E-state index is -1.16. The van der Waals surface area contributed by atoms with E-state index in [-0.39, 0.29) is 18.4 Å². The van der Waals surface area contributed by atoms with E-state index >= 15 is 0 Å². The summed E-state index contributed by atoms with van der Waals surface area (Å²) in [6.45, 7) is 1.64. The van der Waals surface area contributed by atoms with Crippen LogP contribution < -0.4 is 0 Å². The molecule has 0 spiro atoms. The molecule has 1 atom stereocenters. The zero-order valence-electron chi connectivity index (χ0n) is 9.79. The molecule has 1 aliphatic heterocycles. The van der Waals surface area contributed by atoms with Gasteiger partial charge in [-0.1, -0.05) is 0 Å². The average molecular weight is 248 g/mol. The average Bonchev–Trinajstić information content (AvgIpc) is 2.71. The topological polar surface area (TPSA) is 87.6 Å². The number of aromatic nitrogens is 1. The molecule has 18 heavy (non-hydrogen) atoms. The van der Waals surface area contributed by atoms with Crippen LogP contribution in [0.5, 0.6) is 0 Å². The molecule has 1 aliphatic rings. The number of aryl methyl sites for hydroxylation is 1. The van der Waals surface area contributed by atoms with E-state index in [1.54, 1.807) is 13.0 Å². The van der Waals surface area contributed by atoms with Gasteiger partial charge in [-0.05, 0) is 25.5 Å². The standard InChI is InChI=1S/C12H12N2O4/c1-7-8(3-2-6-13-7)11(16)14-9(12(17)18)4-5-10(14)15/h2-3,6,9H,4-5H2,1H3,(H,17,18)/t9-/m0/s1. The first-order valence-corrected chi connectivity index (χ1v) is 5.53. The van der Waals surface area contributed by atoms with Crippen LogP contribution in [0.3, 0.4) is 0 Å². The van der Waals surface area contributed by atoms with Gasteiger partial charge in [0.2, 0.25) is 5.91 Å². The van der Waals surface area contributed by atoms with Crippen molar-refractivity contribution in [3.05, 3.63) is 29.6 Å². The number of nitrogens with zero attached hydrogens (tertiary/aromatic N) is 2. The van der Waals surface area contributed by atoms with Gasteiger partial charge < -0.3 is 5.11 Å². The summed E-state index contributed by atoms with van der Waals surface area (Å²) in [6.07, 6.45) is 1.79. The third kappa shape index (κ3) is 1.97. The van der Waals surface area contributed by atoms with Crippen LogP contribution in [0.4, 0.5) is 0 Å². The molecule has 1 N–H and O–H groups in total. The van der Waals surface area contributed by atoms with E-state index < -0.39 is 23.8 Å². The van der Waals surface area contributed by atoms with Crippen molar-refractivity contribution in [1.82, 2.24) is 9.88 Å². The number of carboxylic acids is 1. The summed E-state index contributed by atoms with van der Waals surface area (Å²) in [7, 11) is 0. The normalized spacial score (nSPS) is 19.1. The fraction of sp³-hybridized carbons (Fsp3) is 0.333. The number of amides is 2. The number of aliphatic carboxylic acids is 1. The number of rotatable bonds is 2. The minimum Gasteiger partial charge on any atom is -0.480 e. The number of likely N-dealkylation sites (tertiary alicyclic amines) is 1. The summed E-state index contributed by atoms with van der Waals surface area (Å²) in [5.74, 6) is -2.19. The van der Waals surface area contributed by atoms with Crippen molar-refractivity contribution in [3.8, 4) is 0 Å². The summed E-state index contributed by atoms with van der Waals surface area (Å²) in [5, 5.41) is 9.00. The molecule has 0 unspecified atom stereocenters. The van der Waals surface area contributed by atoms with E-state index in [1.165, 1.54) is 12.3 Å². The molecule has 94 valence electrons. The number of carbonyl (C=O) groups excluding carboxylic acids is 2. The molecule has 0 aromatic carbocycles. The van der Waals surface area contributed by atoms with E-state index in [4.69, 9.17) is 5.11 Å². The monoisotopic (exact) mass is 248 g/mol. The molecule has 2 heterocycles. The Morgan fingerprint density at radius 2 is 2.22 bits per heavy atom. The molecular weight excluding hydrogens is 236 g/mol. The van der Waals surface area contributed by atoms with Crippen LogP contribution in [0.15, 0.2) is 18.3 Å². The summed E-state index contributed by atoms with van der Waals surface area (Å²) < 4.78 is 0. The maximum atomic E-state index is 12.2. The number of carboxylic acid groups (broad SMARTS) is 1. The smallest absolute Gasteiger partial charge is 0.326 e. The lowest BCUT2D eigenvalue weighted by atomic mass is 10.1. The lowest BCUT2D eigenvalue weighted by Crippen LogP contribution is -2.43. The molecule has 0 aliphatic carbocycles. The second kappa shape index (κ2) is 4.56. The van der Waals surface area contributed by atoms with Crippen molar-refractivity contribution in [2.24, 2.45) is 0 Å². The van der Waals surface area contributed by atoms with Crippen LogP contribution >= 0.6 is 0 Å². The summed E-state index contributed by atoms with van der Waals surface area (Å²) in [4.78, 5) is 39.6. The predicted molar refractivity (Wildman–Crippen MR) is 60.8 cm³/mol. The molecular formula is C12H12N2O4. The van der Waals surface area contributed by atoms with Crippen molar-refractivity contribution in [1.29, 1.82) is 0 Å². The Morgan fingerprint density at radius 1 is 1.50 bits per heavy atom. The van der Waals surface area contributed by atoms with Gasteiger partial charge in [-0.2, -0.15) is 0 Å². The number of hydrogen-bond donors (Lipinski definition) is 1. The van der Waals surface area contributed by atoms with E-state index in [9.17, 15) is 14.4 Å². The lowest BCUT2D eigenvalue weighted by Gasteiger charge is -2.20. The van der Waals surface area contributed by atoms with Gasteiger partial charge in [0.25, 0.3) is 5.91 Å². The Morgan fingerprint density at radius 3 is 2.83 bits per heavy atom. The Kier molecular flexibility index (Phi) is 3.10. The molecule has 1 aromatic heterocycles. The molecule has 2 rings (SSSR count). The number of imide groups is 1. The highest BCUT2D eigenvalue weighted by atomic mass is 16.4. The predicted octanol–water partition coefficient (Wildman–Crippen LogP) is 0.606. The maximum Gasteiger partial charge on any atom is 0.326 e. The molecule has 1 saturated heterocycles.